The number of anilines is 1. The van der Waals surface area contributed by atoms with Crippen molar-refractivity contribution in [3.63, 3.8) is 0 Å². The Morgan fingerprint density at radius 3 is 2.13 bits per heavy atom. The molecule has 0 bridgehead atoms. The molecule has 6 heteroatoms. The fourth-order valence-corrected chi connectivity index (χ4v) is 5.66. The zero-order valence-corrected chi connectivity index (χ0v) is 21.1. The summed E-state index contributed by atoms with van der Waals surface area (Å²) in [7, 11) is 0. The Balaban J connectivity index is 1.18. The molecule has 6 nitrogen and oxygen atoms in total. The second kappa shape index (κ2) is 9.72. The second-order valence-electron chi connectivity index (χ2n) is 9.77. The average molecular weight is 497 g/mol. The molecule has 4 aromatic carbocycles. The largest absolute Gasteiger partial charge is 0.353 e. The second-order valence-corrected chi connectivity index (χ2v) is 9.77. The van der Waals surface area contributed by atoms with Gasteiger partial charge in [-0.15, -0.1) is 0 Å². The van der Waals surface area contributed by atoms with E-state index < -0.39 is 0 Å². The summed E-state index contributed by atoms with van der Waals surface area (Å²) >= 11 is 0. The zero-order chi connectivity index (χ0) is 25.3. The van der Waals surface area contributed by atoms with E-state index in [-0.39, 0.29) is 6.04 Å². The van der Waals surface area contributed by atoms with Crippen molar-refractivity contribution in [2.75, 3.05) is 31.1 Å². The predicted molar refractivity (Wildman–Crippen MR) is 153 cm³/mol. The van der Waals surface area contributed by atoms with E-state index in [0.717, 1.165) is 48.7 Å². The smallest absolute Gasteiger partial charge is 0.168 e. The van der Waals surface area contributed by atoms with Crippen molar-refractivity contribution < 1.29 is 0 Å². The molecule has 1 aliphatic heterocycles. The normalized spacial score (nSPS) is 15.2. The molecule has 2 aromatic heterocycles. The predicted octanol–water partition coefficient (Wildman–Crippen LogP) is 5.88. The van der Waals surface area contributed by atoms with E-state index in [1.165, 1.54) is 21.9 Å². The van der Waals surface area contributed by atoms with Gasteiger partial charge in [-0.1, -0.05) is 84.9 Å². The van der Waals surface area contributed by atoms with E-state index in [4.69, 9.17) is 4.98 Å². The summed E-state index contributed by atoms with van der Waals surface area (Å²) in [6.45, 7) is 3.65. The SMILES string of the molecule is c1ccc(C(c2ccc3ccccc3c2)N2CCN(c3ncnc4c3cnn4-c3ccccc3)CC2)cc1. The summed E-state index contributed by atoms with van der Waals surface area (Å²) in [6.07, 6.45) is 3.55. The van der Waals surface area contributed by atoms with Crippen molar-refractivity contribution in [3.8, 4) is 5.69 Å². The van der Waals surface area contributed by atoms with E-state index in [0.29, 0.717) is 0 Å². The standard InChI is InChI=1S/C32H28N6/c1-3-10-25(11-4-1)30(27-16-15-24-9-7-8-12-26(24)21-27)36-17-19-37(20-18-36)31-29-22-35-38(32(29)34-23-33-31)28-13-5-2-6-14-28/h1-16,21-23,30H,17-20H2. The molecular formula is C32H28N6. The highest BCUT2D eigenvalue weighted by Gasteiger charge is 2.28. The van der Waals surface area contributed by atoms with Crippen molar-refractivity contribution in [2.45, 2.75) is 6.04 Å². The minimum atomic E-state index is 0.203. The fraction of sp³-hybridized carbons (Fsp3) is 0.156. The molecule has 0 N–H and O–H groups in total. The van der Waals surface area contributed by atoms with Crippen molar-refractivity contribution in [1.82, 2.24) is 24.6 Å². The van der Waals surface area contributed by atoms with Gasteiger partial charge in [-0.3, -0.25) is 4.90 Å². The number of hydrogen-bond acceptors (Lipinski definition) is 5. The fourth-order valence-electron chi connectivity index (χ4n) is 5.66. The van der Waals surface area contributed by atoms with Gasteiger partial charge in [-0.2, -0.15) is 5.10 Å². The van der Waals surface area contributed by atoms with Gasteiger partial charge in [0.1, 0.15) is 12.1 Å². The first-order valence-corrected chi connectivity index (χ1v) is 13.1. The van der Waals surface area contributed by atoms with Gasteiger partial charge in [0.2, 0.25) is 0 Å². The van der Waals surface area contributed by atoms with Gasteiger partial charge in [0.25, 0.3) is 0 Å². The minimum absolute atomic E-state index is 0.203. The Hall–Kier alpha value is -4.55. The van der Waals surface area contributed by atoms with Crippen LogP contribution in [0, 0.1) is 0 Å². The first kappa shape index (κ1) is 22.6. The van der Waals surface area contributed by atoms with Crippen molar-refractivity contribution >= 4 is 27.6 Å². The highest BCUT2D eigenvalue weighted by atomic mass is 15.3. The Labute approximate surface area is 221 Å². The Morgan fingerprint density at radius 2 is 1.34 bits per heavy atom. The topological polar surface area (TPSA) is 50.1 Å². The van der Waals surface area contributed by atoms with Crippen molar-refractivity contribution in [1.29, 1.82) is 0 Å². The molecule has 1 unspecified atom stereocenters. The van der Waals surface area contributed by atoms with Crippen LogP contribution in [0.25, 0.3) is 27.5 Å². The van der Waals surface area contributed by atoms with Gasteiger partial charge in [-0.25, -0.2) is 14.6 Å². The van der Waals surface area contributed by atoms with Gasteiger partial charge >= 0.3 is 0 Å². The van der Waals surface area contributed by atoms with Crippen LogP contribution in [0.3, 0.4) is 0 Å². The van der Waals surface area contributed by atoms with Crippen LogP contribution in [0.4, 0.5) is 5.82 Å². The monoisotopic (exact) mass is 496 g/mol. The number of piperazine rings is 1. The first-order valence-electron chi connectivity index (χ1n) is 13.1. The molecule has 186 valence electrons. The quantitative estimate of drug-likeness (QED) is 0.298. The third kappa shape index (κ3) is 4.09. The third-order valence-corrected chi connectivity index (χ3v) is 7.53. The van der Waals surface area contributed by atoms with Gasteiger partial charge in [-0.05, 0) is 40.1 Å². The summed E-state index contributed by atoms with van der Waals surface area (Å²) in [5, 5.41) is 8.19. The molecule has 1 atom stereocenters. The van der Waals surface area contributed by atoms with E-state index in [1.54, 1.807) is 6.33 Å². The highest BCUT2D eigenvalue weighted by molar-refractivity contribution is 5.87. The van der Waals surface area contributed by atoms with Crippen molar-refractivity contribution in [2.24, 2.45) is 0 Å². The molecule has 1 fully saturated rings. The van der Waals surface area contributed by atoms with Crippen LogP contribution >= 0.6 is 0 Å². The summed E-state index contributed by atoms with van der Waals surface area (Å²) in [6, 6.07) is 36.7. The Bertz CT molecular complexity index is 1690. The van der Waals surface area contributed by atoms with Gasteiger partial charge in [0, 0.05) is 26.2 Å². The van der Waals surface area contributed by atoms with Crippen LogP contribution in [-0.2, 0) is 0 Å². The third-order valence-electron chi connectivity index (χ3n) is 7.53. The maximum absolute atomic E-state index is 4.70. The molecule has 0 amide bonds. The number of para-hydroxylation sites is 1. The average Bonchev–Trinajstić information content (AvgIpc) is 3.43. The maximum Gasteiger partial charge on any atom is 0.168 e. The van der Waals surface area contributed by atoms with Crippen LogP contribution in [0.5, 0.6) is 0 Å². The lowest BCUT2D eigenvalue weighted by Gasteiger charge is -2.40. The molecule has 0 saturated carbocycles. The van der Waals surface area contributed by atoms with E-state index in [9.17, 15) is 0 Å². The summed E-state index contributed by atoms with van der Waals surface area (Å²) in [5.74, 6) is 0.957. The molecule has 0 spiro atoms. The van der Waals surface area contributed by atoms with E-state index >= 15 is 0 Å². The van der Waals surface area contributed by atoms with E-state index in [2.05, 4.69) is 92.7 Å². The number of benzene rings is 4. The molecule has 38 heavy (non-hydrogen) atoms. The summed E-state index contributed by atoms with van der Waals surface area (Å²) < 4.78 is 1.89. The van der Waals surface area contributed by atoms with E-state index in [1.807, 2.05) is 41.2 Å². The molecule has 0 radical (unpaired) electrons. The number of aromatic nitrogens is 4. The van der Waals surface area contributed by atoms with Crippen LogP contribution in [0.1, 0.15) is 17.2 Å². The van der Waals surface area contributed by atoms with Crippen LogP contribution in [-0.4, -0.2) is 50.8 Å². The number of nitrogens with zero attached hydrogens (tertiary/aromatic N) is 6. The minimum Gasteiger partial charge on any atom is -0.353 e. The van der Waals surface area contributed by atoms with Gasteiger partial charge < -0.3 is 4.90 Å². The number of rotatable bonds is 5. The summed E-state index contributed by atoms with van der Waals surface area (Å²) in [5.41, 5.74) is 4.49. The van der Waals surface area contributed by atoms with Crippen molar-refractivity contribution in [3.05, 3.63) is 127 Å². The Morgan fingerprint density at radius 1 is 0.632 bits per heavy atom. The first-order chi connectivity index (χ1) is 18.8. The van der Waals surface area contributed by atoms with Crippen LogP contribution < -0.4 is 4.90 Å². The highest BCUT2D eigenvalue weighted by Crippen LogP contribution is 2.33. The number of hydrogen-bond donors (Lipinski definition) is 0. The summed E-state index contributed by atoms with van der Waals surface area (Å²) in [4.78, 5) is 14.2. The lowest BCUT2D eigenvalue weighted by molar-refractivity contribution is 0.212. The molecule has 1 aliphatic rings. The van der Waals surface area contributed by atoms with Crippen LogP contribution in [0.2, 0.25) is 0 Å². The van der Waals surface area contributed by atoms with Gasteiger partial charge in [0.05, 0.1) is 23.3 Å². The van der Waals surface area contributed by atoms with Gasteiger partial charge in [0.15, 0.2) is 5.65 Å². The molecule has 7 rings (SSSR count). The molecular weight excluding hydrogens is 468 g/mol. The molecule has 1 saturated heterocycles. The molecule has 3 heterocycles. The number of fused-ring (bicyclic) bond motifs is 2. The Kier molecular flexibility index (Phi) is 5.79. The maximum atomic E-state index is 4.70. The van der Waals surface area contributed by atoms with Crippen LogP contribution in [0.15, 0.2) is 116 Å². The lowest BCUT2D eigenvalue weighted by atomic mass is 9.94. The molecule has 0 aliphatic carbocycles. The lowest BCUT2D eigenvalue weighted by Crippen LogP contribution is -2.48. The zero-order valence-electron chi connectivity index (χ0n) is 21.1. The molecule has 6 aromatic rings.